The number of ether oxygens (including phenoxy) is 3. The first-order valence-electron chi connectivity index (χ1n) is 11.3. The second-order valence-corrected chi connectivity index (χ2v) is 7.89. The van der Waals surface area contributed by atoms with Crippen molar-refractivity contribution in [1.29, 1.82) is 0 Å². The third kappa shape index (κ3) is 11.3. The van der Waals surface area contributed by atoms with Crippen molar-refractivity contribution in [1.82, 2.24) is 0 Å². The maximum Gasteiger partial charge on any atom is 0.323 e. The lowest BCUT2D eigenvalue weighted by Gasteiger charge is -2.19. The fraction of sp³-hybridized carbons (Fsp3) is 0.423. The highest BCUT2D eigenvalue weighted by molar-refractivity contribution is 5.75. The van der Waals surface area contributed by atoms with Crippen molar-refractivity contribution < 1.29 is 28.6 Å². The van der Waals surface area contributed by atoms with Gasteiger partial charge in [-0.05, 0) is 43.7 Å². The first-order valence-corrected chi connectivity index (χ1v) is 11.3. The van der Waals surface area contributed by atoms with Gasteiger partial charge in [0.2, 0.25) is 0 Å². The number of carbonyl (C=O) groups excluding carboxylic acids is 3. The van der Waals surface area contributed by atoms with Gasteiger partial charge in [-0.25, -0.2) is 0 Å². The van der Waals surface area contributed by atoms with E-state index in [2.05, 4.69) is 0 Å². The fourth-order valence-corrected chi connectivity index (χ4v) is 3.07. The zero-order chi connectivity index (χ0) is 23.9. The van der Waals surface area contributed by atoms with Crippen molar-refractivity contribution in [2.24, 2.45) is 5.73 Å². The van der Waals surface area contributed by atoms with Crippen LogP contribution in [0.15, 0.2) is 60.7 Å². The Bertz CT molecular complexity index is 792. The van der Waals surface area contributed by atoms with Crippen LogP contribution in [0.5, 0.6) is 0 Å². The molecule has 0 radical (unpaired) electrons. The van der Waals surface area contributed by atoms with Gasteiger partial charge in [0, 0.05) is 12.8 Å². The van der Waals surface area contributed by atoms with Gasteiger partial charge in [0.05, 0.1) is 0 Å². The van der Waals surface area contributed by atoms with E-state index >= 15 is 0 Å². The van der Waals surface area contributed by atoms with Crippen LogP contribution in [0.25, 0.3) is 0 Å². The highest BCUT2D eigenvalue weighted by atomic mass is 16.6. The number of hydrogen-bond acceptors (Lipinski definition) is 7. The standard InChI is InChI=1S/C26H33NO6/c1-20(27)26(30)33-23(18-31-24(28)16-8-14-21-10-4-2-5-11-21)19-32-25(29)17-9-15-22-12-6-3-7-13-22/h2-7,10-13,20,23H,8-9,14-19,27H2,1H3. The van der Waals surface area contributed by atoms with Crippen LogP contribution in [0.3, 0.4) is 0 Å². The van der Waals surface area contributed by atoms with Crippen LogP contribution in [0.2, 0.25) is 0 Å². The molecule has 2 rings (SSSR count). The molecule has 0 bridgehead atoms. The molecule has 0 aliphatic rings. The molecule has 0 amide bonds. The van der Waals surface area contributed by atoms with Crippen molar-refractivity contribution in [3.8, 4) is 0 Å². The molecule has 2 N–H and O–H groups in total. The van der Waals surface area contributed by atoms with Crippen molar-refractivity contribution in [2.75, 3.05) is 13.2 Å². The Morgan fingerprint density at radius 2 is 1.18 bits per heavy atom. The molecule has 0 aromatic heterocycles. The van der Waals surface area contributed by atoms with E-state index in [1.807, 2.05) is 60.7 Å². The van der Waals surface area contributed by atoms with E-state index in [0.717, 1.165) is 24.0 Å². The van der Waals surface area contributed by atoms with Crippen LogP contribution in [0.1, 0.15) is 43.7 Å². The van der Waals surface area contributed by atoms with Crippen molar-refractivity contribution in [2.45, 2.75) is 57.6 Å². The summed E-state index contributed by atoms with van der Waals surface area (Å²) in [6.07, 6.45) is 2.39. The lowest BCUT2D eigenvalue weighted by atomic mass is 10.1. The van der Waals surface area contributed by atoms with Crippen LogP contribution < -0.4 is 5.73 Å². The fourth-order valence-electron chi connectivity index (χ4n) is 3.07. The van der Waals surface area contributed by atoms with Crippen LogP contribution in [0.4, 0.5) is 0 Å². The minimum atomic E-state index is -0.903. The third-order valence-electron chi connectivity index (χ3n) is 4.89. The molecule has 0 spiro atoms. The summed E-state index contributed by atoms with van der Waals surface area (Å²) >= 11 is 0. The molecule has 0 aliphatic carbocycles. The van der Waals surface area contributed by atoms with Crippen molar-refractivity contribution in [3.05, 3.63) is 71.8 Å². The number of hydrogen-bond donors (Lipinski definition) is 1. The molecular formula is C26H33NO6. The Morgan fingerprint density at radius 3 is 1.58 bits per heavy atom. The first kappa shape index (κ1) is 26.1. The average molecular weight is 456 g/mol. The number of esters is 3. The molecule has 0 saturated carbocycles. The lowest BCUT2D eigenvalue weighted by molar-refractivity contribution is -0.167. The molecule has 0 saturated heterocycles. The Morgan fingerprint density at radius 1 is 0.758 bits per heavy atom. The number of nitrogens with two attached hydrogens (primary N) is 1. The van der Waals surface area contributed by atoms with Crippen LogP contribution in [-0.4, -0.2) is 43.3 Å². The maximum absolute atomic E-state index is 12.1. The second kappa shape index (κ2) is 14.8. The summed E-state index contributed by atoms with van der Waals surface area (Å²) in [6, 6.07) is 18.9. The van der Waals surface area contributed by atoms with Gasteiger partial charge in [0.1, 0.15) is 19.3 Å². The van der Waals surface area contributed by atoms with E-state index in [4.69, 9.17) is 19.9 Å². The summed E-state index contributed by atoms with van der Waals surface area (Å²) in [5.74, 6) is -1.45. The Kier molecular flexibility index (Phi) is 11.7. The van der Waals surface area contributed by atoms with Gasteiger partial charge < -0.3 is 19.9 Å². The number of aryl methyl sites for hydroxylation is 2. The molecule has 0 aliphatic heterocycles. The Balaban J connectivity index is 1.72. The SMILES string of the molecule is CC(N)C(=O)OC(COC(=O)CCCc1ccccc1)COC(=O)CCCc1ccccc1. The predicted octanol–water partition coefficient (Wildman–Crippen LogP) is 3.38. The summed E-state index contributed by atoms with van der Waals surface area (Å²) in [4.78, 5) is 36.0. The molecular weight excluding hydrogens is 422 g/mol. The van der Waals surface area contributed by atoms with Crippen molar-refractivity contribution >= 4 is 17.9 Å². The normalized spacial score (nSPS) is 11.6. The maximum atomic E-state index is 12.1. The number of carbonyl (C=O) groups is 3. The topological polar surface area (TPSA) is 105 Å². The van der Waals surface area contributed by atoms with E-state index < -0.39 is 30.1 Å². The average Bonchev–Trinajstić information content (AvgIpc) is 2.82. The molecule has 178 valence electrons. The molecule has 7 nitrogen and oxygen atoms in total. The zero-order valence-corrected chi connectivity index (χ0v) is 19.1. The number of benzene rings is 2. The highest BCUT2D eigenvalue weighted by Crippen LogP contribution is 2.08. The highest BCUT2D eigenvalue weighted by Gasteiger charge is 2.21. The van der Waals surface area contributed by atoms with Crippen LogP contribution in [0, 0.1) is 0 Å². The molecule has 2 aromatic carbocycles. The predicted molar refractivity (Wildman–Crippen MR) is 124 cm³/mol. The molecule has 33 heavy (non-hydrogen) atoms. The summed E-state index contributed by atoms with van der Waals surface area (Å²) in [5.41, 5.74) is 7.84. The largest absolute Gasteiger partial charge is 0.462 e. The lowest BCUT2D eigenvalue weighted by Crippen LogP contribution is -2.37. The summed E-state index contributed by atoms with van der Waals surface area (Å²) < 4.78 is 15.7. The summed E-state index contributed by atoms with van der Waals surface area (Å²) in [7, 11) is 0. The van der Waals surface area contributed by atoms with Gasteiger partial charge in [-0.3, -0.25) is 14.4 Å². The van der Waals surface area contributed by atoms with Gasteiger partial charge in [0.25, 0.3) is 0 Å². The van der Waals surface area contributed by atoms with Gasteiger partial charge in [0.15, 0.2) is 6.10 Å². The van der Waals surface area contributed by atoms with Gasteiger partial charge in [-0.15, -0.1) is 0 Å². The smallest absolute Gasteiger partial charge is 0.323 e. The minimum absolute atomic E-state index is 0.195. The first-order chi connectivity index (χ1) is 15.9. The Labute approximate surface area is 195 Å². The molecule has 0 fully saturated rings. The number of rotatable bonds is 14. The summed E-state index contributed by atoms with van der Waals surface area (Å²) in [6.45, 7) is 1.10. The zero-order valence-electron chi connectivity index (χ0n) is 19.1. The van der Waals surface area contributed by atoms with Crippen LogP contribution >= 0.6 is 0 Å². The third-order valence-corrected chi connectivity index (χ3v) is 4.89. The molecule has 2 aromatic rings. The van der Waals surface area contributed by atoms with Gasteiger partial charge >= 0.3 is 17.9 Å². The molecule has 1 unspecified atom stereocenters. The van der Waals surface area contributed by atoms with E-state index in [9.17, 15) is 14.4 Å². The van der Waals surface area contributed by atoms with E-state index in [-0.39, 0.29) is 26.1 Å². The Hall–Kier alpha value is -3.19. The monoisotopic (exact) mass is 455 g/mol. The minimum Gasteiger partial charge on any atom is -0.462 e. The van der Waals surface area contributed by atoms with Crippen molar-refractivity contribution in [3.63, 3.8) is 0 Å². The summed E-state index contributed by atoms with van der Waals surface area (Å²) in [5, 5.41) is 0. The quantitative estimate of drug-likeness (QED) is 0.344. The molecule has 0 heterocycles. The molecule has 7 heteroatoms. The molecule has 1 atom stereocenters. The van der Waals surface area contributed by atoms with E-state index in [1.54, 1.807) is 0 Å². The van der Waals surface area contributed by atoms with Gasteiger partial charge in [-0.2, -0.15) is 0 Å². The van der Waals surface area contributed by atoms with Crippen LogP contribution in [-0.2, 0) is 41.4 Å². The van der Waals surface area contributed by atoms with E-state index in [1.165, 1.54) is 6.92 Å². The van der Waals surface area contributed by atoms with E-state index in [0.29, 0.717) is 12.8 Å². The second-order valence-electron chi connectivity index (χ2n) is 7.89. The van der Waals surface area contributed by atoms with Gasteiger partial charge in [-0.1, -0.05) is 60.7 Å².